The number of aromatic nitrogens is 2. The lowest BCUT2D eigenvalue weighted by atomic mass is 9.98. The van der Waals surface area contributed by atoms with Gasteiger partial charge in [-0.05, 0) is 78.2 Å². The monoisotopic (exact) mass is 693 g/mol. The third-order valence-electron chi connectivity index (χ3n) is 8.28. The fourth-order valence-electron chi connectivity index (χ4n) is 5.74. The Hall–Kier alpha value is -5.03. The smallest absolute Gasteiger partial charge is 0.416 e. The van der Waals surface area contributed by atoms with Gasteiger partial charge >= 0.3 is 12.1 Å². The van der Waals surface area contributed by atoms with Crippen LogP contribution in [0.15, 0.2) is 78.9 Å². The lowest BCUT2D eigenvalue weighted by Gasteiger charge is -2.20. The number of alkyl halides is 3. The van der Waals surface area contributed by atoms with E-state index < -0.39 is 23.6 Å². The van der Waals surface area contributed by atoms with Gasteiger partial charge in [-0.1, -0.05) is 49.6 Å². The number of halogens is 4. The van der Waals surface area contributed by atoms with Gasteiger partial charge in [-0.3, -0.25) is 14.3 Å². The molecule has 2 N–H and O–H groups in total. The molecule has 0 fully saturated rings. The molecule has 8 nitrogen and oxygen atoms in total. The number of carbonyl (C=O) groups is 2. The van der Waals surface area contributed by atoms with E-state index in [-0.39, 0.29) is 30.3 Å². The number of amides is 1. The number of nitrogens with one attached hydrogen (secondary N) is 1. The van der Waals surface area contributed by atoms with Crippen LogP contribution in [0.3, 0.4) is 0 Å². The summed E-state index contributed by atoms with van der Waals surface area (Å²) < 4.78 is 54.4. The van der Waals surface area contributed by atoms with E-state index in [4.69, 9.17) is 31.3 Å². The van der Waals surface area contributed by atoms with Crippen LogP contribution in [-0.2, 0) is 11.0 Å². The summed E-state index contributed by atoms with van der Waals surface area (Å²) in [6.07, 6.45) is -2.44. The Labute approximate surface area is 286 Å². The summed E-state index contributed by atoms with van der Waals surface area (Å²) in [7, 11) is 2.95. The van der Waals surface area contributed by atoms with Crippen LogP contribution in [-0.4, -0.2) is 47.5 Å². The van der Waals surface area contributed by atoms with Crippen LogP contribution in [0.4, 0.5) is 13.2 Å². The number of ether oxygens (including phenoxy) is 2. The summed E-state index contributed by atoms with van der Waals surface area (Å²) >= 11 is 6.66. The lowest BCUT2D eigenvalue weighted by molar-refractivity contribution is -0.138. The number of fused-ring (bicyclic) bond motifs is 1. The normalized spacial score (nSPS) is 12.1. The number of hydrogen-bond acceptors (Lipinski definition) is 5. The first-order valence-corrected chi connectivity index (χ1v) is 16.0. The molecule has 0 aliphatic rings. The maximum absolute atomic E-state index is 13.9. The van der Waals surface area contributed by atoms with Gasteiger partial charge in [-0.25, -0.2) is 0 Å². The Kier molecular flexibility index (Phi) is 10.8. The molecule has 0 spiro atoms. The van der Waals surface area contributed by atoms with E-state index in [9.17, 15) is 22.8 Å². The molecule has 0 aliphatic heterocycles. The van der Waals surface area contributed by atoms with Gasteiger partial charge in [0.15, 0.2) is 0 Å². The summed E-state index contributed by atoms with van der Waals surface area (Å²) in [5.41, 5.74) is 3.04. The third-order valence-corrected chi connectivity index (χ3v) is 8.60. The van der Waals surface area contributed by atoms with Crippen molar-refractivity contribution in [3.05, 3.63) is 101 Å². The summed E-state index contributed by atoms with van der Waals surface area (Å²) in [5, 5.41) is 17.6. The van der Waals surface area contributed by atoms with E-state index in [0.717, 1.165) is 41.7 Å². The molecule has 5 rings (SSSR count). The zero-order chi connectivity index (χ0) is 35.3. The Balaban J connectivity index is 1.69. The molecule has 4 aromatic carbocycles. The van der Waals surface area contributed by atoms with Crippen molar-refractivity contribution in [1.82, 2.24) is 15.1 Å². The molecule has 0 saturated carbocycles. The minimum absolute atomic E-state index is 0.00333. The third kappa shape index (κ3) is 7.83. The fraction of sp³-hybridized carbons (Fsp3) is 0.270. The van der Waals surface area contributed by atoms with Gasteiger partial charge in [0.1, 0.15) is 17.2 Å². The Bertz CT molecular complexity index is 1980. The van der Waals surface area contributed by atoms with Crippen molar-refractivity contribution >= 4 is 34.4 Å². The van der Waals surface area contributed by atoms with Gasteiger partial charge in [0.25, 0.3) is 5.91 Å². The molecule has 0 radical (unpaired) electrons. The molecule has 0 bridgehead atoms. The van der Waals surface area contributed by atoms with E-state index in [1.807, 2.05) is 41.1 Å². The van der Waals surface area contributed by atoms with E-state index in [1.54, 1.807) is 31.4 Å². The molecule has 1 heterocycles. The van der Waals surface area contributed by atoms with Crippen LogP contribution in [0, 0.1) is 0 Å². The van der Waals surface area contributed by atoms with Crippen LogP contribution in [0.1, 0.15) is 60.1 Å². The predicted octanol–water partition coefficient (Wildman–Crippen LogP) is 9.04. The number of nitrogens with zero attached hydrogens (tertiary/aromatic N) is 2. The molecule has 1 unspecified atom stereocenters. The van der Waals surface area contributed by atoms with Gasteiger partial charge in [-0.2, -0.15) is 18.3 Å². The Morgan fingerprint density at radius 2 is 1.71 bits per heavy atom. The molecule has 49 heavy (non-hydrogen) atoms. The van der Waals surface area contributed by atoms with Crippen molar-refractivity contribution in [3.8, 4) is 33.9 Å². The number of unbranched alkanes of at least 4 members (excludes halogenated alkanes) is 1. The fourth-order valence-corrected chi connectivity index (χ4v) is 6.02. The largest absolute Gasteiger partial charge is 0.497 e. The van der Waals surface area contributed by atoms with Crippen molar-refractivity contribution in [2.75, 3.05) is 20.8 Å². The highest BCUT2D eigenvalue weighted by Gasteiger charge is 2.32. The predicted molar refractivity (Wildman–Crippen MR) is 182 cm³/mol. The van der Waals surface area contributed by atoms with E-state index in [2.05, 4.69) is 12.2 Å². The molecule has 1 amide bonds. The van der Waals surface area contributed by atoms with Crippen molar-refractivity contribution in [2.24, 2.45) is 0 Å². The number of methoxy groups -OCH3 is 2. The van der Waals surface area contributed by atoms with Gasteiger partial charge in [-0.15, -0.1) is 0 Å². The first kappa shape index (κ1) is 35.3. The van der Waals surface area contributed by atoms with Crippen molar-refractivity contribution in [2.45, 2.75) is 44.8 Å². The standard InChI is InChI=1S/C37H35ClF3N3O5/c1-4-5-6-31(22-7-9-23(10-8-22)36(47)42-18-17-34(45)46)44-32-19-24(27-15-13-26(48-2)21-30(27)38)11-14-28(32)35(43-44)29-20-25(37(39,40)41)12-16-33(29)49-3/h7-16,19-21,31H,4-6,17-18H2,1-3H3,(H,42,47)(H,45,46). The van der Waals surface area contributed by atoms with Crippen LogP contribution < -0.4 is 14.8 Å². The van der Waals surface area contributed by atoms with Crippen LogP contribution >= 0.6 is 11.6 Å². The van der Waals surface area contributed by atoms with Crippen molar-refractivity contribution in [1.29, 1.82) is 0 Å². The second-order valence-electron chi connectivity index (χ2n) is 11.5. The van der Waals surface area contributed by atoms with E-state index in [0.29, 0.717) is 39.4 Å². The first-order chi connectivity index (χ1) is 23.4. The summed E-state index contributed by atoms with van der Waals surface area (Å²) in [5.74, 6) is -0.578. The molecule has 0 aliphatic carbocycles. The Morgan fingerprint density at radius 3 is 2.35 bits per heavy atom. The SMILES string of the molecule is CCCCC(c1ccc(C(=O)NCCC(=O)O)cc1)n1nc(-c2cc(C(F)(F)F)ccc2OC)c2ccc(-c3ccc(OC)cc3Cl)cc21. The van der Waals surface area contributed by atoms with Gasteiger partial charge in [0.2, 0.25) is 0 Å². The maximum Gasteiger partial charge on any atom is 0.416 e. The van der Waals surface area contributed by atoms with Crippen molar-refractivity contribution in [3.63, 3.8) is 0 Å². The van der Waals surface area contributed by atoms with Crippen LogP contribution in [0.2, 0.25) is 5.02 Å². The highest BCUT2D eigenvalue weighted by molar-refractivity contribution is 6.33. The van der Waals surface area contributed by atoms with Gasteiger partial charge in [0, 0.05) is 28.6 Å². The average molecular weight is 694 g/mol. The number of aliphatic carboxylic acids is 1. The van der Waals surface area contributed by atoms with Crippen molar-refractivity contribution < 1.29 is 37.3 Å². The highest BCUT2D eigenvalue weighted by Crippen LogP contribution is 2.42. The highest BCUT2D eigenvalue weighted by atomic mass is 35.5. The average Bonchev–Trinajstić information content (AvgIpc) is 3.46. The minimum atomic E-state index is -4.58. The molecule has 1 atom stereocenters. The first-order valence-electron chi connectivity index (χ1n) is 15.7. The van der Waals surface area contributed by atoms with E-state index in [1.165, 1.54) is 13.2 Å². The number of carbonyl (C=O) groups excluding carboxylic acids is 1. The van der Waals surface area contributed by atoms with E-state index >= 15 is 0 Å². The topological polar surface area (TPSA) is 103 Å². The Morgan fingerprint density at radius 1 is 0.959 bits per heavy atom. The van der Waals surface area contributed by atoms with Crippen LogP contribution in [0.5, 0.6) is 11.5 Å². The number of benzene rings is 4. The number of hydrogen-bond donors (Lipinski definition) is 2. The molecule has 256 valence electrons. The lowest BCUT2D eigenvalue weighted by Crippen LogP contribution is -2.26. The molecule has 5 aromatic rings. The zero-order valence-corrected chi connectivity index (χ0v) is 27.9. The minimum Gasteiger partial charge on any atom is -0.497 e. The second-order valence-corrected chi connectivity index (χ2v) is 11.9. The summed E-state index contributed by atoms with van der Waals surface area (Å²) in [6, 6.07) is 20.9. The van der Waals surface area contributed by atoms with Gasteiger partial charge in [0.05, 0.1) is 42.8 Å². The molecular weight excluding hydrogens is 659 g/mol. The second kappa shape index (κ2) is 15.0. The summed E-state index contributed by atoms with van der Waals surface area (Å²) in [4.78, 5) is 23.5. The van der Waals surface area contributed by atoms with Gasteiger partial charge < -0.3 is 19.9 Å². The molecule has 12 heteroatoms. The molecular formula is C37H35ClF3N3O5. The zero-order valence-electron chi connectivity index (χ0n) is 27.1. The number of carboxylic acid groups (broad SMARTS) is 1. The summed E-state index contributed by atoms with van der Waals surface area (Å²) in [6.45, 7) is 2.06. The van der Waals surface area contributed by atoms with Crippen LogP contribution in [0.25, 0.3) is 33.3 Å². The molecule has 0 saturated heterocycles. The number of carboxylic acids is 1. The maximum atomic E-state index is 13.9. The quantitative estimate of drug-likeness (QED) is 0.128. The number of rotatable bonds is 13. The molecule has 1 aromatic heterocycles.